The zero-order valence-electron chi connectivity index (χ0n) is 14.2. The van der Waals surface area contributed by atoms with Crippen molar-refractivity contribution in [1.29, 1.82) is 0 Å². The average Bonchev–Trinajstić information content (AvgIpc) is 3.19. The third kappa shape index (κ3) is 4.51. The van der Waals surface area contributed by atoms with Crippen molar-refractivity contribution in [2.45, 2.75) is 6.42 Å². The molecule has 0 bridgehead atoms. The molecular weight excluding hydrogens is 332 g/mol. The Labute approximate surface area is 150 Å². The molecular formula is C20H18N2O4. The fourth-order valence-corrected chi connectivity index (χ4v) is 2.37. The predicted octanol–water partition coefficient (Wildman–Crippen LogP) is 3.72. The van der Waals surface area contributed by atoms with E-state index >= 15 is 0 Å². The molecule has 1 aromatic heterocycles. The van der Waals surface area contributed by atoms with Crippen molar-refractivity contribution in [2.75, 3.05) is 17.7 Å². The first kappa shape index (κ1) is 17.3. The number of methoxy groups -OCH3 is 1. The van der Waals surface area contributed by atoms with E-state index in [1.165, 1.54) is 6.26 Å². The molecule has 0 atom stereocenters. The van der Waals surface area contributed by atoms with Gasteiger partial charge in [0.25, 0.3) is 5.91 Å². The van der Waals surface area contributed by atoms with E-state index in [2.05, 4.69) is 10.6 Å². The summed E-state index contributed by atoms with van der Waals surface area (Å²) in [5, 5.41) is 5.54. The van der Waals surface area contributed by atoms with E-state index in [0.29, 0.717) is 11.4 Å². The summed E-state index contributed by atoms with van der Waals surface area (Å²) in [7, 11) is 1.60. The fourth-order valence-electron chi connectivity index (χ4n) is 2.37. The summed E-state index contributed by atoms with van der Waals surface area (Å²) in [5.41, 5.74) is 2.16. The van der Waals surface area contributed by atoms with E-state index in [0.717, 1.165) is 11.3 Å². The van der Waals surface area contributed by atoms with E-state index in [9.17, 15) is 9.59 Å². The van der Waals surface area contributed by atoms with Crippen molar-refractivity contribution in [1.82, 2.24) is 0 Å². The van der Waals surface area contributed by atoms with Crippen molar-refractivity contribution >= 4 is 23.2 Å². The van der Waals surface area contributed by atoms with E-state index < -0.39 is 0 Å². The van der Waals surface area contributed by atoms with Gasteiger partial charge in [0.2, 0.25) is 5.91 Å². The second-order valence-electron chi connectivity index (χ2n) is 5.58. The number of carbonyl (C=O) groups excluding carboxylic acids is 2. The molecule has 2 N–H and O–H groups in total. The fraction of sp³-hybridized carbons (Fsp3) is 0.100. The molecule has 132 valence electrons. The smallest absolute Gasteiger partial charge is 0.291 e. The topological polar surface area (TPSA) is 80.6 Å². The quantitative estimate of drug-likeness (QED) is 0.710. The summed E-state index contributed by atoms with van der Waals surface area (Å²) in [6.07, 6.45) is 1.71. The SMILES string of the molecule is COc1ccc(CC(=O)Nc2ccc(NC(=O)c3ccco3)cc2)cc1. The monoisotopic (exact) mass is 350 g/mol. The van der Waals surface area contributed by atoms with Gasteiger partial charge in [0.1, 0.15) is 5.75 Å². The van der Waals surface area contributed by atoms with E-state index in [1.54, 1.807) is 43.5 Å². The molecule has 2 aromatic carbocycles. The standard InChI is InChI=1S/C20H18N2O4/c1-25-17-10-4-14(5-11-17)13-19(23)21-15-6-8-16(9-7-15)22-20(24)18-3-2-12-26-18/h2-12H,13H2,1H3,(H,21,23)(H,22,24). The number of furan rings is 1. The summed E-state index contributed by atoms with van der Waals surface area (Å²) in [5.74, 6) is 0.539. The van der Waals surface area contributed by atoms with Crippen LogP contribution in [0, 0.1) is 0 Å². The van der Waals surface area contributed by atoms with Crippen LogP contribution in [0.5, 0.6) is 5.75 Å². The lowest BCUT2D eigenvalue weighted by atomic mass is 10.1. The van der Waals surface area contributed by atoms with Gasteiger partial charge in [0, 0.05) is 11.4 Å². The Morgan fingerprint density at radius 1 is 0.923 bits per heavy atom. The minimum absolute atomic E-state index is 0.123. The van der Waals surface area contributed by atoms with Crippen LogP contribution in [0.25, 0.3) is 0 Å². The minimum atomic E-state index is -0.328. The number of rotatable bonds is 6. The van der Waals surface area contributed by atoms with Crippen LogP contribution in [0.1, 0.15) is 16.1 Å². The van der Waals surface area contributed by atoms with Crippen LogP contribution < -0.4 is 15.4 Å². The highest BCUT2D eigenvalue weighted by Crippen LogP contribution is 2.16. The van der Waals surface area contributed by atoms with Crippen LogP contribution >= 0.6 is 0 Å². The van der Waals surface area contributed by atoms with E-state index in [4.69, 9.17) is 9.15 Å². The van der Waals surface area contributed by atoms with Crippen LogP contribution in [0.15, 0.2) is 71.3 Å². The summed E-state index contributed by atoms with van der Waals surface area (Å²) in [6, 6.07) is 17.5. The van der Waals surface area contributed by atoms with Crippen LogP contribution in [-0.4, -0.2) is 18.9 Å². The van der Waals surface area contributed by atoms with Crippen molar-refractivity contribution in [3.8, 4) is 5.75 Å². The molecule has 0 saturated carbocycles. The maximum absolute atomic E-state index is 12.1. The first-order chi connectivity index (χ1) is 12.6. The molecule has 6 nitrogen and oxygen atoms in total. The second-order valence-corrected chi connectivity index (χ2v) is 5.58. The lowest BCUT2D eigenvalue weighted by Crippen LogP contribution is -2.14. The van der Waals surface area contributed by atoms with Crippen LogP contribution in [0.3, 0.4) is 0 Å². The molecule has 2 amide bonds. The van der Waals surface area contributed by atoms with Gasteiger partial charge >= 0.3 is 0 Å². The number of ether oxygens (including phenoxy) is 1. The lowest BCUT2D eigenvalue weighted by Gasteiger charge is -2.08. The number of nitrogens with one attached hydrogen (secondary N) is 2. The number of carbonyl (C=O) groups is 2. The first-order valence-electron chi connectivity index (χ1n) is 8.02. The maximum Gasteiger partial charge on any atom is 0.291 e. The lowest BCUT2D eigenvalue weighted by molar-refractivity contribution is -0.115. The zero-order chi connectivity index (χ0) is 18.4. The van der Waals surface area contributed by atoms with Crippen LogP contribution in [-0.2, 0) is 11.2 Å². The molecule has 0 aliphatic carbocycles. The van der Waals surface area contributed by atoms with E-state index in [1.807, 2.05) is 24.3 Å². The summed E-state index contributed by atoms with van der Waals surface area (Å²) < 4.78 is 10.1. The van der Waals surface area contributed by atoms with Crippen LogP contribution in [0.2, 0.25) is 0 Å². The van der Waals surface area contributed by atoms with E-state index in [-0.39, 0.29) is 24.0 Å². The van der Waals surface area contributed by atoms with Gasteiger partial charge in [-0.25, -0.2) is 0 Å². The van der Waals surface area contributed by atoms with Gasteiger partial charge in [-0.05, 0) is 54.1 Å². The number of hydrogen-bond donors (Lipinski definition) is 2. The van der Waals surface area contributed by atoms with Gasteiger partial charge in [-0.1, -0.05) is 12.1 Å². The molecule has 3 aromatic rings. The molecule has 0 aliphatic heterocycles. The molecule has 0 saturated heterocycles. The molecule has 1 heterocycles. The van der Waals surface area contributed by atoms with Gasteiger partial charge < -0.3 is 19.8 Å². The first-order valence-corrected chi connectivity index (χ1v) is 8.02. The third-order valence-electron chi connectivity index (χ3n) is 3.70. The third-order valence-corrected chi connectivity index (χ3v) is 3.70. The Morgan fingerprint density at radius 2 is 1.58 bits per heavy atom. The van der Waals surface area contributed by atoms with Crippen molar-refractivity contribution in [2.24, 2.45) is 0 Å². The van der Waals surface area contributed by atoms with Gasteiger partial charge in [-0.3, -0.25) is 9.59 Å². The second kappa shape index (κ2) is 8.02. The number of hydrogen-bond acceptors (Lipinski definition) is 4. The van der Waals surface area contributed by atoms with Gasteiger partial charge in [-0.15, -0.1) is 0 Å². The normalized spacial score (nSPS) is 10.2. The number of amides is 2. The Morgan fingerprint density at radius 3 is 2.15 bits per heavy atom. The van der Waals surface area contributed by atoms with Crippen molar-refractivity contribution in [3.05, 3.63) is 78.3 Å². The van der Waals surface area contributed by atoms with Gasteiger partial charge in [0.05, 0.1) is 19.8 Å². The molecule has 0 unspecified atom stereocenters. The minimum Gasteiger partial charge on any atom is -0.497 e. The number of anilines is 2. The maximum atomic E-state index is 12.1. The van der Waals surface area contributed by atoms with Gasteiger partial charge in [-0.2, -0.15) is 0 Å². The highest BCUT2D eigenvalue weighted by Gasteiger charge is 2.09. The largest absolute Gasteiger partial charge is 0.497 e. The Bertz CT molecular complexity index is 869. The number of benzene rings is 2. The Kier molecular flexibility index (Phi) is 5.34. The highest BCUT2D eigenvalue weighted by atomic mass is 16.5. The van der Waals surface area contributed by atoms with Gasteiger partial charge in [0.15, 0.2) is 5.76 Å². The Balaban J connectivity index is 1.54. The average molecular weight is 350 g/mol. The zero-order valence-corrected chi connectivity index (χ0v) is 14.2. The molecule has 3 rings (SSSR count). The molecule has 0 spiro atoms. The predicted molar refractivity (Wildman–Crippen MR) is 98.4 cm³/mol. The van der Waals surface area contributed by atoms with Crippen LogP contribution in [0.4, 0.5) is 11.4 Å². The molecule has 0 aliphatic rings. The molecule has 26 heavy (non-hydrogen) atoms. The highest BCUT2D eigenvalue weighted by molar-refractivity contribution is 6.02. The summed E-state index contributed by atoms with van der Waals surface area (Å²) in [6.45, 7) is 0. The van der Waals surface area contributed by atoms with Crippen molar-refractivity contribution < 1.29 is 18.7 Å². The van der Waals surface area contributed by atoms with Crippen molar-refractivity contribution in [3.63, 3.8) is 0 Å². The molecule has 6 heteroatoms. The summed E-state index contributed by atoms with van der Waals surface area (Å²) in [4.78, 5) is 24.0. The Hall–Kier alpha value is -3.54. The molecule has 0 radical (unpaired) electrons. The summed E-state index contributed by atoms with van der Waals surface area (Å²) >= 11 is 0. The molecule has 0 fully saturated rings.